The molecule has 2 rings (SSSR count). The van der Waals surface area contributed by atoms with E-state index in [0.29, 0.717) is 24.3 Å². The van der Waals surface area contributed by atoms with Gasteiger partial charge < -0.3 is 14.4 Å². The van der Waals surface area contributed by atoms with Crippen molar-refractivity contribution in [1.29, 1.82) is 0 Å². The predicted octanol–water partition coefficient (Wildman–Crippen LogP) is 3.07. The smallest absolute Gasteiger partial charge is 0.246 e. The van der Waals surface area contributed by atoms with Crippen molar-refractivity contribution in [3.05, 3.63) is 35.7 Å². The minimum absolute atomic E-state index is 0.436. The second kappa shape index (κ2) is 7.24. The summed E-state index contributed by atoms with van der Waals surface area (Å²) >= 11 is 0. The lowest BCUT2D eigenvalue weighted by molar-refractivity contribution is 0.367. The van der Waals surface area contributed by atoms with E-state index in [-0.39, 0.29) is 0 Å². The summed E-state index contributed by atoms with van der Waals surface area (Å²) in [6.07, 6.45) is 7.73. The van der Waals surface area contributed by atoms with Crippen LogP contribution >= 0.6 is 0 Å². The summed E-state index contributed by atoms with van der Waals surface area (Å²) in [6.45, 7) is 7.93. The fraction of sp³-hybridized carbons (Fsp3) is 0.600. The Morgan fingerprint density at radius 2 is 2.20 bits per heavy atom. The monoisotopic (exact) mass is 276 g/mol. The van der Waals surface area contributed by atoms with E-state index in [1.165, 1.54) is 12.0 Å². The lowest BCUT2D eigenvalue weighted by Gasteiger charge is -2.16. The van der Waals surface area contributed by atoms with Crippen molar-refractivity contribution in [2.24, 2.45) is 0 Å². The van der Waals surface area contributed by atoms with Gasteiger partial charge in [0.2, 0.25) is 5.89 Å². The Morgan fingerprint density at radius 3 is 2.85 bits per heavy atom. The molecule has 1 unspecified atom stereocenters. The normalized spacial score (nSPS) is 12.8. The van der Waals surface area contributed by atoms with Crippen molar-refractivity contribution in [2.45, 2.75) is 52.6 Å². The maximum atomic E-state index is 5.15. The number of nitrogens with one attached hydrogen (secondary N) is 1. The largest absolute Gasteiger partial charge is 0.345 e. The van der Waals surface area contributed by atoms with E-state index in [9.17, 15) is 0 Å². The molecule has 0 spiro atoms. The van der Waals surface area contributed by atoms with Gasteiger partial charge in [0, 0.05) is 18.4 Å². The van der Waals surface area contributed by atoms with Gasteiger partial charge in [0.05, 0.1) is 0 Å². The third-order valence-electron chi connectivity index (χ3n) is 3.28. The Balaban J connectivity index is 2.02. The maximum Gasteiger partial charge on any atom is 0.246 e. The molecular weight excluding hydrogens is 252 g/mol. The number of hydrogen-bond acceptors (Lipinski definition) is 4. The van der Waals surface area contributed by atoms with Crippen LogP contribution in [0.2, 0.25) is 0 Å². The van der Waals surface area contributed by atoms with Crippen LogP contribution in [0.25, 0.3) is 0 Å². The number of nitrogens with zero attached hydrogens (tertiary/aromatic N) is 3. The summed E-state index contributed by atoms with van der Waals surface area (Å²) in [5.41, 5.74) is 1.33. The molecule has 0 aromatic carbocycles. The van der Waals surface area contributed by atoms with Gasteiger partial charge in [0.25, 0.3) is 0 Å². The molecule has 0 amide bonds. The molecule has 0 bridgehead atoms. The molecule has 0 fully saturated rings. The van der Waals surface area contributed by atoms with E-state index in [2.05, 4.69) is 52.3 Å². The first-order chi connectivity index (χ1) is 9.72. The van der Waals surface area contributed by atoms with Gasteiger partial charge >= 0.3 is 0 Å². The van der Waals surface area contributed by atoms with Gasteiger partial charge in [-0.15, -0.1) is 0 Å². The molecule has 0 saturated heterocycles. The molecule has 110 valence electrons. The number of rotatable bonds is 8. The highest BCUT2D eigenvalue weighted by Crippen LogP contribution is 2.19. The summed E-state index contributed by atoms with van der Waals surface area (Å²) in [6, 6.07) is 2.61. The minimum Gasteiger partial charge on any atom is -0.345 e. The summed E-state index contributed by atoms with van der Waals surface area (Å²) in [4.78, 5) is 4.23. The van der Waals surface area contributed by atoms with Crippen LogP contribution in [0, 0.1) is 6.92 Å². The van der Waals surface area contributed by atoms with Crippen LogP contribution in [0.15, 0.2) is 23.0 Å². The topological polar surface area (TPSA) is 55.9 Å². The van der Waals surface area contributed by atoms with Crippen LogP contribution in [0.4, 0.5) is 0 Å². The molecule has 0 radical (unpaired) electrons. The number of hydrogen-bond donors (Lipinski definition) is 1. The van der Waals surface area contributed by atoms with Crippen LogP contribution in [-0.2, 0) is 6.54 Å². The van der Waals surface area contributed by atoms with Gasteiger partial charge in [-0.1, -0.05) is 25.4 Å². The highest BCUT2D eigenvalue weighted by Gasteiger charge is 2.12. The Labute approximate surface area is 120 Å². The highest BCUT2D eigenvalue weighted by atomic mass is 16.5. The average Bonchev–Trinajstić information content (AvgIpc) is 3.04. The first kappa shape index (κ1) is 14.8. The zero-order chi connectivity index (χ0) is 14.4. The summed E-state index contributed by atoms with van der Waals surface area (Å²) in [5, 5.41) is 7.42. The van der Waals surface area contributed by atoms with Gasteiger partial charge in [0.15, 0.2) is 5.82 Å². The third kappa shape index (κ3) is 3.93. The predicted molar refractivity (Wildman–Crippen MR) is 78.5 cm³/mol. The Bertz CT molecular complexity index is 517. The maximum absolute atomic E-state index is 5.15. The van der Waals surface area contributed by atoms with Crippen LogP contribution in [0.3, 0.4) is 0 Å². The molecule has 0 aliphatic carbocycles. The summed E-state index contributed by atoms with van der Waals surface area (Å²) in [7, 11) is 0. The molecule has 0 aliphatic rings. The zero-order valence-corrected chi connectivity index (χ0v) is 12.6. The Hall–Kier alpha value is -1.62. The average molecular weight is 276 g/mol. The lowest BCUT2D eigenvalue weighted by Crippen LogP contribution is -2.21. The summed E-state index contributed by atoms with van der Waals surface area (Å²) in [5.74, 6) is 1.33. The van der Waals surface area contributed by atoms with Crippen molar-refractivity contribution < 1.29 is 4.52 Å². The van der Waals surface area contributed by atoms with Gasteiger partial charge in [-0.3, -0.25) is 0 Å². The van der Waals surface area contributed by atoms with Gasteiger partial charge in [-0.25, -0.2) is 0 Å². The van der Waals surface area contributed by atoms with E-state index in [0.717, 1.165) is 19.4 Å². The third-order valence-corrected chi connectivity index (χ3v) is 3.28. The molecule has 2 aromatic rings. The van der Waals surface area contributed by atoms with Crippen LogP contribution in [0.1, 0.15) is 56.4 Å². The number of aryl methyl sites for hydroxylation is 1. The molecule has 5 nitrogen and oxygen atoms in total. The first-order valence-electron chi connectivity index (χ1n) is 7.41. The van der Waals surface area contributed by atoms with Crippen molar-refractivity contribution in [2.75, 3.05) is 6.54 Å². The molecule has 0 saturated carbocycles. The van der Waals surface area contributed by atoms with Crippen molar-refractivity contribution in [3.63, 3.8) is 0 Å². The van der Waals surface area contributed by atoms with Crippen molar-refractivity contribution >= 4 is 0 Å². The van der Waals surface area contributed by atoms with Crippen LogP contribution < -0.4 is 5.32 Å². The molecule has 5 heteroatoms. The Morgan fingerprint density at radius 1 is 1.35 bits per heavy atom. The molecule has 2 heterocycles. The Kier molecular flexibility index (Phi) is 5.35. The van der Waals surface area contributed by atoms with Gasteiger partial charge in [0.1, 0.15) is 6.54 Å². The second-order valence-corrected chi connectivity index (χ2v) is 5.15. The molecule has 2 aromatic heterocycles. The minimum atomic E-state index is 0.436. The highest BCUT2D eigenvalue weighted by molar-refractivity contribution is 5.16. The quantitative estimate of drug-likeness (QED) is 0.805. The van der Waals surface area contributed by atoms with Crippen LogP contribution in [0.5, 0.6) is 0 Å². The molecule has 1 atom stereocenters. The van der Waals surface area contributed by atoms with Crippen molar-refractivity contribution in [3.8, 4) is 0 Å². The van der Waals surface area contributed by atoms with E-state index in [4.69, 9.17) is 4.52 Å². The standard InChI is InChI=1S/C15H24N4O/c1-4-6-14(16-8-5-2)13-7-9-19(10-13)11-15-17-12(3)18-20-15/h7,9-10,14,16H,4-6,8,11H2,1-3H3. The van der Waals surface area contributed by atoms with Gasteiger partial charge in [-0.2, -0.15) is 4.98 Å². The zero-order valence-electron chi connectivity index (χ0n) is 12.6. The molecule has 0 aliphatic heterocycles. The SMILES string of the molecule is CCCNC(CCC)c1ccn(Cc2nc(C)no2)c1. The first-order valence-corrected chi connectivity index (χ1v) is 7.41. The second-order valence-electron chi connectivity index (χ2n) is 5.15. The van der Waals surface area contributed by atoms with Gasteiger partial charge in [-0.05, 0) is 37.9 Å². The lowest BCUT2D eigenvalue weighted by atomic mass is 10.1. The van der Waals surface area contributed by atoms with E-state index in [1.807, 2.05) is 6.92 Å². The summed E-state index contributed by atoms with van der Waals surface area (Å²) < 4.78 is 7.25. The fourth-order valence-electron chi connectivity index (χ4n) is 2.32. The van der Waals surface area contributed by atoms with E-state index < -0.39 is 0 Å². The fourth-order valence-corrected chi connectivity index (χ4v) is 2.32. The molecule has 20 heavy (non-hydrogen) atoms. The van der Waals surface area contributed by atoms with Crippen LogP contribution in [-0.4, -0.2) is 21.3 Å². The van der Waals surface area contributed by atoms with E-state index in [1.54, 1.807) is 0 Å². The molecular formula is C15H24N4O. The van der Waals surface area contributed by atoms with Crippen molar-refractivity contribution in [1.82, 2.24) is 20.0 Å². The molecule has 1 N–H and O–H groups in total. The van der Waals surface area contributed by atoms with E-state index >= 15 is 0 Å². The number of aromatic nitrogens is 3.